The van der Waals surface area contributed by atoms with E-state index in [1.54, 1.807) is 0 Å². The van der Waals surface area contributed by atoms with Crippen LogP contribution in [0.3, 0.4) is 0 Å². The highest BCUT2D eigenvalue weighted by atomic mass is 16.7. The Kier molecular flexibility index (Phi) is 4.02. The molecule has 3 heteroatoms. The number of nitrogens with zero attached hydrogens (tertiary/aromatic N) is 1. The van der Waals surface area contributed by atoms with Crippen molar-refractivity contribution >= 4 is 5.97 Å². The summed E-state index contributed by atoms with van der Waals surface area (Å²) in [5, 5.41) is 1.87. The first-order valence-electron chi connectivity index (χ1n) is 6.71. The molecule has 0 aromatic heterocycles. The topological polar surface area (TPSA) is 29.5 Å². The quantitative estimate of drug-likeness (QED) is 0.821. The summed E-state index contributed by atoms with van der Waals surface area (Å²) in [6.45, 7) is 4.80. The van der Waals surface area contributed by atoms with Crippen molar-refractivity contribution in [1.82, 2.24) is 5.06 Å². The van der Waals surface area contributed by atoms with E-state index in [-0.39, 0.29) is 11.5 Å². The summed E-state index contributed by atoms with van der Waals surface area (Å²) in [7, 11) is 0. The van der Waals surface area contributed by atoms with E-state index < -0.39 is 0 Å². The first-order valence-corrected chi connectivity index (χ1v) is 6.71. The number of hydroxylamine groups is 2. The van der Waals surface area contributed by atoms with Gasteiger partial charge in [0.2, 0.25) is 0 Å². The smallest absolute Gasteiger partial charge is 0.324 e. The van der Waals surface area contributed by atoms with Crippen LogP contribution in [-0.4, -0.2) is 17.6 Å². The van der Waals surface area contributed by atoms with Crippen LogP contribution in [0, 0.1) is 0 Å². The van der Waals surface area contributed by atoms with E-state index >= 15 is 0 Å². The van der Waals surface area contributed by atoms with Crippen molar-refractivity contribution in [2.45, 2.75) is 45.1 Å². The van der Waals surface area contributed by atoms with Gasteiger partial charge in [0.1, 0.15) is 0 Å². The third kappa shape index (κ3) is 2.56. The van der Waals surface area contributed by atoms with Crippen molar-refractivity contribution in [3.63, 3.8) is 0 Å². The van der Waals surface area contributed by atoms with E-state index in [0.717, 1.165) is 19.4 Å². The molecule has 1 heterocycles. The second kappa shape index (κ2) is 5.53. The fraction of sp³-hybridized carbons (Fsp3) is 0.533. The molecule has 0 radical (unpaired) electrons. The normalized spacial score (nSPS) is 24.8. The average Bonchev–Trinajstić information content (AvgIpc) is 2.42. The SMILES string of the molecule is CCC(=O)ON1CCCCC1(C)c1ccccc1. The third-order valence-electron chi connectivity index (χ3n) is 3.72. The van der Waals surface area contributed by atoms with Gasteiger partial charge in [-0.1, -0.05) is 37.3 Å². The van der Waals surface area contributed by atoms with Crippen molar-refractivity contribution < 1.29 is 9.63 Å². The fourth-order valence-electron chi connectivity index (χ4n) is 2.52. The van der Waals surface area contributed by atoms with E-state index in [2.05, 4.69) is 19.1 Å². The second-order valence-corrected chi connectivity index (χ2v) is 5.02. The maximum atomic E-state index is 11.5. The molecule has 1 aliphatic rings. The minimum atomic E-state index is -0.190. The zero-order valence-corrected chi connectivity index (χ0v) is 11.2. The lowest BCUT2D eigenvalue weighted by atomic mass is 9.84. The van der Waals surface area contributed by atoms with Crippen molar-refractivity contribution in [2.24, 2.45) is 0 Å². The number of piperidine rings is 1. The Bertz CT molecular complexity index is 404. The van der Waals surface area contributed by atoms with Gasteiger partial charge in [-0.25, -0.2) is 0 Å². The van der Waals surface area contributed by atoms with Crippen LogP contribution < -0.4 is 0 Å². The second-order valence-electron chi connectivity index (χ2n) is 5.02. The van der Waals surface area contributed by atoms with Gasteiger partial charge in [0.05, 0.1) is 5.54 Å². The van der Waals surface area contributed by atoms with Crippen molar-refractivity contribution in [3.05, 3.63) is 35.9 Å². The minimum Gasteiger partial charge on any atom is -0.367 e. The molecule has 1 saturated heterocycles. The number of carbonyl (C=O) groups excluding carboxylic acids is 1. The van der Waals surface area contributed by atoms with Crippen LogP contribution in [-0.2, 0) is 15.2 Å². The molecule has 1 aromatic rings. The minimum absolute atomic E-state index is 0.154. The molecule has 1 fully saturated rings. The van der Waals surface area contributed by atoms with Gasteiger partial charge in [0, 0.05) is 13.0 Å². The standard InChI is InChI=1S/C15H21NO2/c1-3-14(17)18-16-12-8-7-11-15(16,2)13-9-5-4-6-10-13/h4-6,9-10H,3,7-8,11-12H2,1-2H3. The summed E-state index contributed by atoms with van der Waals surface area (Å²) in [5.41, 5.74) is 1.03. The van der Waals surface area contributed by atoms with Crippen LogP contribution in [0.4, 0.5) is 0 Å². The molecule has 0 aliphatic carbocycles. The van der Waals surface area contributed by atoms with Crippen LogP contribution in [0.15, 0.2) is 30.3 Å². The molecular weight excluding hydrogens is 226 g/mol. The molecule has 3 nitrogen and oxygen atoms in total. The van der Waals surface area contributed by atoms with E-state index in [9.17, 15) is 4.79 Å². The molecular formula is C15H21NO2. The molecule has 0 saturated carbocycles. The molecule has 1 aliphatic heterocycles. The zero-order valence-electron chi connectivity index (χ0n) is 11.2. The average molecular weight is 247 g/mol. The number of rotatable bonds is 3. The van der Waals surface area contributed by atoms with Crippen molar-refractivity contribution in [1.29, 1.82) is 0 Å². The molecule has 1 aromatic carbocycles. The fourth-order valence-corrected chi connectivity index (χ4v) is 2.52. The first kappa shape index (κ1) is 13.1. The Morgan fingerprint density at radius 1 is 1.33 bits per heavy atom. The number of hydrogen-bond acceptors (Lipinski definition) is 3. The van der Waals surface area contributed by atoms with Gasteiger partial charge in [-0.15, -0.1) is 5.06 Å². The Morgan fingerprint density at radius 2 is 2.06 bits per heavy atom. The number of benzene rings is 1. The first-order chi connectivity index (χ1) is 8.66. The Balaban J connectivity index is 2.23. The van der Waals surface area contributed by atoms with Gasteiger partial charge in [0.15, 0.2) is 0 Å². The van der Waals surface area contributed by atoms with Gasteiger partial charge in [0.25, 0.3) is 0 Å². The monoisotopic (exact) mass is 247 g/mol. The molecule has 2 rings (SSSR count). The molecule has 0 bridgehead atoms. The third-order valence-corrected chi connectivity index (χ3v) is 3.72. The van der Waals surface area contributed by atoms with E-state index in [4.69, 9.17) is 4.84 Å². The molecule has 0 N–H and O–H groups in total. The van der Waals surface area contributed by atoms with E-state index in [1.807, 2.05) is 30.2 Å². The predicted octanol–water partition coefficient (Wildman–Crippen LogP) is 3.26. The largest absolute Gasteiger partial charge is 0.367 e. The lowest BCUT2D eigenvalue weighted by molar-refractivity contribution is -0.231. The maximum Gasteiger partial charge on any atom is 0.324 e. The van der Waals surface area contributed by atoms with Crippen LogP contribution in [0.5, 0.6) is 0 Å². The summed E-state index contributed by atoms with van der Waals surface area (Å²) in [4.78, 5) is 17.0. The molecule has 1 unspecified atom stereocenters. The number of carbonyl (C=O) groups is 1. The van der Waals surface area contributed by atoms with Crippen molar-refractivity contribution in [3.8, 4) is 0 Å². The Hall–Kier alpha value is -1.35. The van der Waals surface area contributed by atoms with Crippen LogP contribution in [0.2, 0.25) is 0 Å². The Labute approximate surface area is 109 Å². The molecule has 1 atom stereocenters. The van der Waals surface area contributed by atoms with Crippen molar-refractivity contribution in [2.75, 3.05) is 6.54 Å². The predicted molar refractivity (Wildman–Crippen MR) is 70.7 cm³/mol. The highest BCUT2D eigenvalue weighted by Crippen LogP contribution is 2.37. The summed E-state index contributed by atoms with van der Waals surface area (Å²) >= 11 is 0. The van der Waals surface area contributed by atoms with E-state index in [1.165, 1.54) is 12.0 Å². The van der Waals surface area contributed by atoms with Gasteiger partial charge in [-0.3, -0.25) is 4.79 Å². The number of hydrogen-bond donors (Lipinski definition) is 0. The zero-order chi connectivity index (χ0) is 13.0. The molecule has 0 amide bonds. The van der Waals surface area contributed by atoms with Crippen LogP contribution in [0.1, 0.15) is 45.1 Å². The highest BCUT2D eigenvalue weighted by molar-refractivity contribution is 5.68. The maximum absolute atomic E-state index is 11.5. The lowest BCUT2D eigenvalue weighted by Crippen LogP contribution is -2.48. The van der Waals surface area contributed by atoms with Crippen LogP contribution in [0.25, 0.3) is 0 Å². The Morgan fingerprint density at radius 3 is 2.72 bits per heavy atom. The van der Waals surface area contributed by atoms with Gasteiger partial charge < -0.3 is 4.84 Å². The summed E-state index contributed by atoms with van der Waals surface area (Å²) in [6.07, 6.45) is 3.69. The summed E-state index contributed by atoms with van der Waals surface area (Å²) in [6, 6.07) is 10.3. The van der Waals surface area contributed by atoms with Gasteiger partial charge >= 0.3 is 5.97 Å². The highest BCUT2D eigenvalue weighted by Gasteiger charge is 2.38. The summed E-state index contributed by atoms with van der Waals surface area (Å²) in [5.74, 6) is -0.154. The molecule has 18 heavy (non-hydrogen) atoms. The molecule has 98 valence electrons. The summed E-state index contributed by atoms with van der Waals surface area (Å²) < 4.78 is 0. The molecule has 0 spiro atoms. The van der Waals surface area contributed by atoms with Gasteiger partial charge in [-0.2, -0.15) is 0 Å². The lowest BCUT2D eigenvalue weighted by Gasteiger charge is -2.43. The van der Waals surface area contributed by atoms with Gasteiger partial charge in [-0.05, 0) is 31.7 Å². The van der Waals surface area contributed by atoms with Crippen LogP contribution >= 0.6 is 0 Å². The van der Waals surface area contributed by atoms with E-state index in [0.29, 0.717) is 6.42 Å².